The molecule has 0 fully saturated rings. The highest BCUT2D eigenvalue weighted by atomic mass is 79.9. The summed E-state index contributed by atoms with van der Waals surface area (Å²) in [7, 11) is 0. The molecule has 0 saturated carbocycles. The molecular weight excluding hydrogens is 400 g/mol. The fourth-order valence-corrected chi connectivity index (χ4v) is 3.29. The molecule has 2 rings (SSSR count). The Morgan fingerprint density at radius 1 is 1.20 bits per heavy atom. The lowest BCUT2D eigenvalue weighted by atomic mass is 10.1. The molecule has 0 amide bonds. The summed E-state index contributed by atoms with van der Waals surface area (Å²) >= 11 is 8.61. The van der Waals surface area contributed by atoms with Crippen LogP contribution in [0.15, 0.2) is 55.4 Å². The molecule has 1 heterocycles. The summed E-state index contributed by atoms with van der Waals surface area (Å²) < 4.78 is 2.08. The van der Waals surface area contributed by atoms with Crippen molar-refractivity contribution in [1.82, 2.24) is 4.98 Å². The fraction of sp³-hybridized carbons (Fsp3) is 0.267. The normalized spacial score (nSPS) is 12.4. The van der Waals surface area contributed by atoms with Gasteiger partial charge in [0.1, 0.15) is 5.03 Å². The van der Waals surface area contributed by atoms with E-state index in [-0.39, 0.29) is 6.04 Å². The molecule has 0 radical (unpaired) electrons. The van der Waals surface area contributed by atoms with E-state index in [1.165, 1.54) is 10.5 Å². The van der Waals surface area contributed by atoms with Crippen molar-refractivity contribution in [1.29, 1.82) is 0 Å². The first-order valence-corrected chi connectivity index (χ1v) is 8.82. The van der Waals surface area contributed by atoms with Crippen molar-refractivity contribution in [2.24, 2.45) is 5.73 Å². The van der Waals surface area contributed by atoms with E-state index in [9.17, 15) is 0 Å². The number of rotatable bonds is 5. The molecule has 2 nitrogen and oxygen atoms in total. The Labute approximate surface area is 140 Å². The predicted octanol–water partition coefficient (Wildman–Crippen LogP) is 5.04. The fourth-order valence-electron chi connectivity index (χ4n) is 1.77. The number of halogens is 2. The predicted molar refractivity (Wildman–Crippen MR) is 92.2 cm³/mol. The smallest absolute Gasteiger partial charge is 0.101 e. The summed E-state index contributed by atoms with van der Waals surface area (Å²) in [5.74, 6) is 0. The van der Waals surface area contributed by atoms with Crippen LogP contribution in [0.4, 0.5) is 0 Å². The van der Waals surface area contributed by atoms with Gasteiger partial charge in [-0.1, -0.05) is 34.6 Å². The topological polar surface area (TPSA) is 38.9 Å². The minimum atomic E-state index is 0.196. The number of benzene rings is 1. The summed E-state index contributed by atoms with van der Waals surface area (Å²) in [5, 5.41) is 0.988. The lowest BCUT2D eigenvalue weighted by Gasteiger charge is -2.13. The first-order valence-electron chi connectivity index (χ1n) is 6.42. The van der Waals surface area contributed by atoms with E-state index in [2.05, 4.69) is 62.0 Å². The summed E-state index contributed by atoms with van der Waals surface area (Å²) in [6, 6.07) is 10.5. The van der Waals surface area contributed by atoms with Crippen LogP contribution >= 0.6 is 43.6 Å². The zero-order chi connectivity index (χ0) is 14.5. The molecule has 0 aliphatic heterocycles. The van der Waals surface area contributed by atoms with Crippen LogP contribution in [0.2, 0.25) is 0 Å². The van der Waals surface area contributed by atoms with Gasteiger partial charge in [0.25, 0.3) is 0 Å². The Kier molecular flexibility index (Phi) is 6.08. The maximum atomic E-state index is 6.09. The maximum Gasteiger partial charge on any atom is 0.101 e. The zero-order valence-electron chi connectivity index (χ0n) is 11.1. The standard InChI is InChI=1S/C15H16Br2N2S/c1-2-13(18)8-10-7-11(16)3-5-14(10)20-15-6-4-12(17)9-19-15/h3-7,9,13H,2,8,18H2,1H3. The van der Waals surface area contributed by atoms with Gasteiger partial charge in [0.05, 0.1) is 0 Å². The van der Waals surface area contributed by atoms with Crippen LogP contribution in [0, 0.1) is 0 Å². The average Bonchev–Trinajstić information content (AvgIpc) is 2.44. The molecule has 5 heteroatoms. The van der Waals surface area contributed by atoms with Crippen LogP contribution < -0.4 is 5.73 Å². The first-order chi connectivity index (χ1) is 9.58. The van der Waals surface area contributed by atoms with Crippen LogP contribution in [0.1, 0.15) is 18.9 Å². The molecule has 1 unspecified atom stereocenters. The van der Waals surface area contributed by atoms with Gasteiger partial charge in [0, 0.05) is 26.1 Å². The molecule has 1 atom stereocenters. The SMILES string of the molecule is CCC(N)Cc1cc(Br)ccc1Sc1ccc(Br)cn1. The minimum Gasteiger partial charge on any atom is -0.327 e. The molecular formula is C15H16Br2N2S. The van der Waals surface area contributed by atoms with Crippen molar-refractivity contribution in [3.05, 3.63) is 51.0 Å². The molecule has 0 saturated heterocycles. The highest BCUT2D eigenvalue weighted by Crippen LogP contribution is 2.32. The van der Waals surface area contributed by atoms with Crippen molar-refractivity contribution < 1.29 is 0 Å². The van der Waals surface area contributed by atoms with Crippen molar-refractivity contribution in [3.8, 4) is 0 Å². The van der Waals surface area contributed by atoms with Crippen molar-refractivity contribution >= 4 is 43.6 Å². The summed E-state index contributed by atoms with van der Waals surface area (Å²) in [6.07, 6.45) is 3.68. The summed E-state index contributed by atoms with van der Waals surface area (Å²) in [5.41, 5.74) is 7.36. The Morgan fingerprint density at radius 3 is 2.60 bits per heavy atom. The number of nitrogens with zero attached hydrogens (tertiary/aromatic N) is 1. The molecule has 106 valence electrons. The second-order valence-corrected chi connectivity index (χ2v) is 7.43. The lowest BCUT2D eigenvalue weighted by Crippen LogP contribution is -2.21. The van der Waals surface area contributed by atoms with Gasteiger partial charge in [0.2, 0.25) is 0 Å². The number of pyridine rings is 1. The Hall–Kier alpha value is -0.360. The summed E-state index contributed by atoms with van der Waals surface area (Å²) in [6.45, 7) is 2.12. The third-order valence-electron chi connectivity index (χ3n) is 2.94. The van der Waals surface area contributed by atoms with Gasteiger partial charge in [-0.05, 0) is 64.7 Å². The molecule has 2 aromatic rings. The maximum absolute atomic E-state index is 6.09. The third-order valence-corrected chi connectivity index (χ3v) is 4.97. The zero-order valence-corrected chi connectivity index (χ0v) is 15.1. The van der Waals surface area contributed by atoms with E-state index in [0.29, 0.717) is 0 Å². The van der Waals surface area contributed by atoms with E-state index in [1.54, 1.807) is 11.8 Å². The molecule has 0 spiro atoms. The largest absolute Gasteiger partial charge is 0.327 e. The van der Waals surface area contributed by atoms with Crippen molar-refractivity contribution in [2.75, 3.05) is 0 Å². The number of nitrogens with two attached hydrogens (primary N) is 1. The van der Waals surface area contributed by atoms with E-state index in [0.717, 1.165) is 26.8 Å². The Morgan fingerprint density at radius 2 is 1.95 bits per heavy atom. The highest BCUT2D eigenvalue weighted by molar-refractivity contribution is 9.10. The van der Waals surface area contributed by atoms with Gasteiger partial charge in [-0.3, -0.25) is 0 Å². The average molecular weight is 416 g/mol. The highest BCUT2D eigenvalue weighted by Gasteiger charge is 2.09. The van der Waals surface area contributed by atoms with Gasteiger partial charge in [-0.15, -0.1) is 0 Å². The monoisotopic (exact) mass is 414 g/mol. The second-order valence-electron chi connectivity index (χ2n) is 4.54. The van der Waals surface area contributed by atoms with E-state index >= 15 is 0 Å². The van der Waals surface area contributed by atoms with Crippen LogP contribution in [0.3, 0.4) is 0 Å². The molecule has 20 heavy (non-hydrogen) atoms. The molecule has 0 bridgehead atoms. The molecule has 2 N–H and O–H groups in total. The summed E-state index contributed by atoms with van der Waals surface area (Å²) in [4.78, 5) is 5.62. The van der Waals surface area contributed by atoms with Gasteiger partial charge in [0.15, 0.2) is 0 Å². The molecule has 0 aliphatic carbocycles. The van der Waals surface area contributed by atoms with E-state index in [1.807, 2.05) is 18.3 Å². The number of aromatic nitrogens is 1. The van der Waals surface area contributed by atoms with Crippen LogP contribution in [0.5, 0.6) is 0 Å². The van der Waals surface area contributed by atoms with Crippen LogP contribution in [0.25, 0.3) is 0 Å². The van der Waals surface area contributed by atoms with Crippen molar-refractivity contribution in [3.63, 3.8) is 0 Å². The third kappa shape index (κ3) is 4.58. The quantitative estimate of drug-likeness (QED) is 0.743. The molecule has 0 aliphatic rings. The Balaban J connectivity index is 2.23. The van der Waals surface area contributed by atoms with E-state index in [4.69, 9.17) is 5.73 Å². The number of hydrogen-bond acceptors (Lipinski definition) is 3. The van der Waals surface area contributed by atoms with Gasteiger partial charge >= 0.3 is 0 Å². The Bertz CT molecular complexity index is 573. The van der Waals surface area contributed by atoms with Gasteiger partial charge in [-0.25, -0.2) is 4.98 Å². The minimum absolute atomic E-state index is 0.196. The van der Waals surface area contributed by atoms with Gasteiger partial charge in [-0.2, -0.15) is 0 Å². The number of hydrogen-bond donors (Lipinski definition) is 1. The van der Waals surface area contributed by atoms with Crippen LogP contribution in [-0.2, 0) is 6.42 Å². The first kappa shape index (κ1) is 16.0. The van der Waals surface area contributed by atoms with Gasteiger partial charge < -0.3 is 5.73 Å². The van der Waals surface area contributed by atoms with E-state index < -0.39 is 0 Å². The second kappa shape index (κ2) is 7.59. The lowest BCUT2D eigenvalue weighted by molar-refractivity contribution is 0.641. The molecule has 1 aromatic heterocycles. The van der Waals surface area contributed by atoms with Crippen molar-refractivity contribution in [2.45, 2.75) is 35.7 Å². The van der Waals surface area contributed by atoms with Crippen LogP contribution in [-0.4, -0.2) is 11.0 Å². The molecule has 1 aromatic carbocycles.